The molecular weight excluding hydrogens is 244 g/mol. The molecule has 0 atom stereocenters. The normalized spacial score (nSPS) is 10.4. The van der Waals surface area contributed by atoms with Crippen LogP contribution in [0.3, 0.4) is 0 Å². The Morgan fingerprint density at radius 1 is 1.31 bits per heavy atom. The van der Waals surface area contributed by atoms with Crippen molar-refractivity contribution in [1.29, 1.82) is 0 Å². The molecule has 0 bridgehead atoms. The summed E-state index contributed by atoms with van der Waals surface area (Å²) in [5.41, 5.74) is 5.61. The van der Waals surface area contributed by atoms with Crippen LogP contribution in [-0.4, -0.2) is 34.0 Å². The Balaban J connectivity index is 2.27. The van der Waals surface area contributed by atoms with Gasteiger partial charge in [-0.2, -0.15) is 15.0 Å². The van der Waals surface area contributed by atoms with Crippen LogP contribution in [0.4, 0.5) is 11.9 Å². The Kier molecular flexibility index (Phi) is 3.20. The number of hydrogen-bond acceptors (Lipinski definition) is 8. The van der Waals surface area contributed by atoms with Gasteiger partial charge in [0.1, 0.15) is 0 Å². The summed E-state index contributed by atoms with van der Waals surface area (Å²) in [6.07, 6.45) is 1.74. The highest BCUT2D eigenvalue weighted by atomic mass is 32.2. The summed E-state index contributed by atoms with van der Waals surface area (Å²) in [6.45, 7) is 0. The SMILES string of the molecule is CN(C)c1nc(N)nc(Sc2nccs2)n1. The summed E-state index contributed by atoms with van der Waals surface area (Å²) in [5, 5.41) is 2.46. The summed E-state index contributed by atoms with van der Waals surface area (Å²) in [4.78, 5) is 18.2. The molecule has 0 radical (unpaired) electrons. The van der Waals surface area contributed by atoms with Gasteiger partial charge >= 0.3 is 0 Å². The van der Waals surface area contributed by atoms with Crippen LogP contribution in [-0.2, 0) is 0 Å². The smallest absolute Gasteiger partial charge is 0.230 e. The van der Waals surface area contributed by atoms with Gasteiger partial charge in [-0.25, -0.2) is 4.98 Å². The fourth-order valence-electron chi connectivity index (χ4n) is 0.945. The molecule has 6 nitrogen and oxygen atoms in total. The maximum Gasteiger partial charge on any atom is 0.230 e. The van der Waals surface area contributed by atoms with E-state index in [0.29, 0.717) is 11.1 Å². The van der Waals surface area contributed by atoms with E-state index in [4.69, 9.17) is 5.73 Å². The summed E-state index contributed by atoms with van der Waals surface area (Å²) < 4.78 is 0.885. The van der Waals surface area contributed by atoms with Crippen molar-refractivity contribution in [3.8, 4) is 0 Å². The number of nitrogen functional groups attached to an aromatic ring is 1. The van der Waals surface area contributed by atoms with Crippen molar-refractivity contribution in [3.05, 3.63) is 11.6 Å². The number of thiazole rings is 1. The van der Waals surface area contributed by atoms with Crippen LogP contribution >= 0.6 is 23.1 Å². The Morgan fingerprint density at radius 3 is 2.75 bits per heavy atom. The molecule has 0 saturated heterocycles. The van der Waals surface area contributed by atoms with Gasteiger partial charge in [-0.05, 0) is 11.8 Å². The van der Waals surface area contributed by atoms with Crippen molar-refractivity contribution >= 4 is 35.0 Å². The van der Waals surface area contributed by atoms with E-state index in [1.165, 1.54) is 23.1 Å². The zero-order valence-electron chi connectivity index (χ0n) is 8.78. The predicted molar refractivity (Wildman–Crippen MR) is 64.8 cm³/mol. The lowest BCUT2D eigenvalue weighted by atomic mass is 10.8. The Bertz CT molecular complexity index is 469. The van der Waals surface area contributed by atoms with Crippen LogP contribution in [0.15, 0.2) is 21.1 Å². The minimum absolute atomic E-state index is 0.220. The standard InChI is InChI=1S/C8H10N6S2/c1-14(2)6-11-5(9)12-7(13-6)16-8-10-3-4-15-8/h3-4H,1-2H3,(H2,9,11,12,13). The topological polar surface area (TPSA) is 80.8 Å². The number of hydrogen-bond donors (Lipinski definition) is 1. The summed E-state index contributed by atoms with van der Waals surface area (Å²) in [6, 6.07) is 0. The highest BCUT2D eigenvalue weighted by Crippen LogP contribution is 2.27. The first-order valence-electron chi connectivity index (χ1n) is 4.41. The van der Waals surface area contributed by atoms with E-state index in [9.17, 15) is 0 Å². The van der Waals surface area contributed by atoms with Crippen LogP contribution in [0.25, 0.3) is 0 Å². The molecule has 2 N–H and O–H groups in total. The van der Waals surface area contributed by atoms with E-state index in [1.54, 1.807) is 11.1 Å². The molecule has 2 rings (SSSR count). The van der Waals surface area contributed by atoms with E-state index in [-0.39, 0.29) is 5.95 Å². The molecule has 0 aliphatic rings. The van der Waals surface area contributed by atoms with Gasteiger partial charge in [0.15, 0.2) is 4.34 Å². The molecule has 2 heterocycles. The zero-order valence-corrected chi connectivity index (χ0v) is 10.4. The lowest BCUT2D eigenvalue weighted by Gasteiger charge is -2.10. The average Bonchev–Trinajstić information content (AvgIpc) is 2.69. The number of nitrogens with zero attached hydrogens (tertiary/aromatic N) is 5. The molecule has 2 aromatic heterocycles. The van der Waals surface area contributed by atoms with Crippen LogP contribution in [0.2, 0.25) is 0 Å². The van der Waals surface area contributed by atoms with Crippen molar-refractivity contribution in [2.24, 2.45) is 0 Å². The molecule has 0 fully saturated rings. The molecule has 0 aromatic carbocycles. The summed E-state index contributed by atoms with van der Waals surface area (Å²) in [5.74, 6) is 0.768. The van der Waals surface area contributed by atoms with Gasteiger partial charge < -0.3 is 10.6 Å². The van der Waals surface area contributed by atoms with Crippen molar-refractivity contribution in [2.45, 2.75) is 9.50 Å². The molecule has 0 saturated carbocycles. The summed E-state index contributed by atoms with van der Waals surface area (Å²) >= 11 is 2.91. The molecular formula is C8H10N6S2. The molecule has 0 aliphatic carbocycles. The predicted octanol–water partition coefficient (Wildman–Crippen LogP) is 1.13. The maximum absolute atomic E-state index is 5.61. The van der Waals surface area contributed by atoms with Crippen molar-refractivity contribution < 1.29 is 0 Å². The number of anilines is 2. The third-order valence-corrected chi connectivity index (χ3v) is 3.36. The molecule has 0 unspecified atom stereocenters. The van der Waals surface area contributed by atoms with Gasteiger partial charge in [-0.1, -0.05) is 0 Å². The van der Waals surface area contributed by atoms with E-state index in [1.807, 2.05) is 19.5 Å². The van der Waals surface area contributed by atoms with Gasteiger partial charge in [-0.3, -0.25) is 0 Å². The fraction of sp³-hybridized carbons (Fsp3) is 0.250. The van der Waals surface area contributed by atoms with Gasteiger partial charge in [0.05, 0.1) is 0 Å². The van der Waals surface area contributed by atoms with E-state index in [2.05, 4.69) is 19.9 Å². The second-order valence-corrected chi connectivity index (χ2v) is 5.18. The summed E-state index contributed by atoms with van der Waals surface area (Å²) in [7, 11) is 3.71. The van der Waals surface area contributed by atoms with Gasteiger partial charge in [-0.15, -0.1) is 11.3 Å². The van der Waals surface area contributed by atoms with E-state index >= 15 is 0 Å². The first-order chi connectivity index (χ1) is 7.65. The third-order valence-electron chi connectivity index (χ3n) is 1.61. The van der Waals surface area contributed by atoms with E-state index < -0.39 is 0 Å². The van der Waals surface area contributed by atoms with Crippen LogP contribution < -0.4 is 10.6 Å². The highest BCUT2D eigenvalue weighted by Gasteiger charge is 2.08. The molecule has 0 amide bonds. The van der Waals surface area contributed by atoms with Crippen molar-refractivity contribution in [2.75, 3.05) is 24.7 Å². The first-order valence-corrected chi connectivity index (χ1v) is 6.11. The molecule has 84 valence electrons. The van der Waals surface area contributed by atoms with E-state index in [0.717, 1.165) is 4.34 Å². The Hall–Kier alpha value is -1.41. The minimum Gasteiger partial charge on any atom is -0.368 e. The highest BCUT2D eigenvalue weighted by molar-refractivity contribution is 8.00. The number of aromatic nitrogens is 4. The van der Waals surface area contributed by atoms with Gasteiger partial charge in [0.25, 0.3) is 0 Å². The monoisotopic (exact) mass is 254 g/mol. The second-order valence-electron chi connectivity index (χ2n) is 3.07. The van der Waals surface area contributed by atoms with Gasteiger partial charge in [0.2, 0.25) is 17.1 Å². The van der Waals surface area contributed by atoms with Crippen LogP contribution in [0.1, 0.15) is 0 Å². The molecule has 2 aromatic rings. The van der Waals surface area contributed by atoms with Gasteiger partial charge in [0, 0.05) is 25.7 Å². The Labute approximate surface area is 101 Å². The van der Waals surface area contributed by atoms with Crippen LogP contribution in [0.5, 0.6) is 0 Å². The lowest BCUT2D eigenvalue weighted by Crippen LogP contribution is -2.14. The quantitative estimate of drug-likeness (QED) is 0.879. The average molecular weight is 254 g/mol. The zero-order chi connectivity index (χ0) is 11.5. The number of rotatable bonds is 3. The maximum atomic E-state index is 5.61. The second kappa shape index (κ2) is 4.62. The number of nitrogens with two attached hydrogens (primary N) is 1. The lowest BCUT2D eigenvalue weighted by molar-refractivity contribution is 0.875. The first kappa shape index (κ1) is 11.1. The molecule has 16 heavy (non-hydrogen) atoms. The molecule has 8 heteroatoms. The Morgan fingerprint density at radius 2 is 2.12 bits per heavy atom. The van der Waals surface area contributed by atoms with Crippen molar-refractivity contribution in [1.82, 2.24) is 19.9 Å². The third kappa shape index (κ3) is 2.58. The molecule has 0 aliphatic heterocycles. The minimum atomic E-state index is 0.220. The largest absolute Gasteiger partial charge is 0.368 e. The molecule has 0 spiro atoms. The van der Waals surface area contributed by atoms with Crippen LogP contribution in [0, 0.1) is 0 Å². The fourth-order valence-corrected chi connectivity index (χ4v) is 2.42. The van der Waals surface area contributed by atoms with Crippen molar-refractivity contribution in [3.63, 3.8) is 0 Å².